The van der Waals surface area contributed by atoms with Crippen LogP contribution in [0.5, 0.6) is 0 Å². The third-order valence-electron chi connectivity index (χ3n) is 5.10. The van der Waals surface area contributed by atoms with Gasteiger partial charge in [-0.05, 0) is 26.0 Å². The Morgan fingerprint density at radius 2 is 1.75 bits per heavy atom. The first-order chi connectivity index (χ1) is 13.2. The molecule has 1 aliphatic heterocycles. The van der Waals surface area contributed by atoms with Crippen LogP contribution < -0.4 is 4.90 Å². The summed E-state index contributed by atoms with van der Waals surface area (Å²) in [5, 5.41) is 3.18. The van der Waals surface area contributed by atoms with E-state index in [9.17, 15) is 18.0 Å². The predicted octanol–water partition coefficient (Wildman–Crippen LogP) is 3.56. The number of rotatable bonds is 5. The van der Waals surface area contributed by atoms with E-state index in [0.29, 0.717) is 13.1 Å². The van der Waals surface area contributed by atoms with Crippen LogP contribution in [0.1, 0.15) is 17.0 Å². The lowest BCUT2D eigenvalue weighted by molar-refractivity contribution is -0.141. The van der Waals surface area contributed by atoms with E-state index in [1.54, 1.807) is 0 Å². The largest absolute Gasteiger partial charge is 0.436 e. The fourth-order valence-corrected chi connectivity index (χ4v) is 3.61. The van der Waals surface area contributed by atoms with E-state index in [4.69, 9.17) is 11.6 Å². The quantitative estimate of drug-likeness (QED) is 0.701. The van der Waals surface area contributed by atoms with Crippen molar-refractivity contribution in [2.75, 3.05) is 31.1 Å². The second-order valence-corrected chi connectivity index (χ2v) is 7.37. The molecule has 2 aromatic rings. The van der Waals surface area contributed by atoms with Gasteiger partial charge in [0.15, 0.2) is 5.69 Å². The second-order valence-electron chi connectivity index (χ2n) is 6.99. The molecule has 0 aliphatic carbocycles. The maximum Gasteiger partial charge on any atom is 0.436 e. The van der Waals surface area contributed by atoms with E-state index < -0.39 is 22.9 Å². The topological polar surface area (TPSA) is 41.4 Å². The summed E-state index contributed by atoms with van der Waals surface area (Å²) in [7, 11) is 0. The maximum atomic E-state index is 13.0. The smallest absolute Gasteiger partial charge is 0.369 e. The summed E-state index contributed by atoms with van der Waals surface area (Å²) in [5.74, 6) is 0. The Bertz CT molecular complexity index is 827. The summed E-state index contributed by atoms with van der Waals surface area (Å²) >= 11 is 5.80. The molecule has 1 aliphatic rings. The van der Waals surface area contributed by atoms with Crippen LogP contribution in [0.4, 0.5) is 18.9 Å². The Morgan fingerprint density at radius 1 is 1.14 bits per heavy atom. The van der Waals surface area contributed by atoms with Crippen molar-refractivity contribution in [3.8, 4) is 0 Å². The van der Waals surface area contributed by atoms with Gasteiger partial charge in [0.1, 0.15) is 6.29 Å². The Balaban J connectivity index is 1.67. The minimum Gasteiger partial charge on any atom is -0.369 e. The van der Waals surface area contributed by atoms with Crippen LogP contribution >= 0.6 is 11.6 Å². The van der Waals surface area contributed by atoms with Crippen molar-refractivity contribution in [2.24, 2.45) is 0 Å². The van der Waals surface area contributed by atoms with Crippen molar-refractivity contribution >= 4 is 23.6 Å². The molecule has 28 heavy (non-hydrogen) atoms. The minimum atomic E-state index is -4.62. The normalized spacial score (nSPS) is 17.0. The van der Waals surface area contributed by atoms with Gasteiger partial charge in [0.2, 0.25) is 0 Å². The first-order valence-corrected chi connectivity index (χ1v) is 9.39. The number of aromatic nitrogens is 2. The van der Waals surface area contributed by atoms with Gasteiger partial charge in [0.25, 0.3) is 0 Å². The molecule has 0 radical (unpaired) electrons. The third-order valence-corrected chi connectivity index (χ3v) is 5.55. The maximum absolute atomic E-state index is 13.0. The highest BCUT2D eigenvalue weighted by Gasteiger charge is 2.38. The molecule has 0 spiro atoms. The molecule has 0 saturated carbocycles. The van der Waals surface area contributed by atoms with Crippen LogP contribution in [0.2, 0.25) is 5.02 Å². The molecule has 1 aromatic heterocycles. The molecule has 1 aromatic carbocycles. The summed E-state index contributed by atoms with van der Waals surface area (Å²) in [6.07, 6.45) is -3.85. The molecule has 3 rings (SSSR count). The first-order valence-electron chi connectivity index (χ1n) is 9.01. The number of aldehydes is 1. The number of carbonyl (C=O) groups excluding carboxylic acids is 1. The zero-order valence-electron chi connectivity index (χ0n) is 15.7. The van der Waals surface area contributed by atoms with Crippen LogP contribution in [0.15, 0.2) is 24.3 Å². The fourth-order valence-electron chi connectivity index (χ4n) is 3.37. The Labute approximate surface area is 166 Å². The lowest BCUT2D eigenvalue weighted by Crippen LogP contribution is -2.52. The lowest BCUT2D eigenvalue weighted by atomic mass is 10.1. The van der Waals surface area contributed by atoms with E-state index in [-0.39, 0.29) is 12.2 Å². The van der Waals surface area contributed by atoms with Gasteiger partial charge in [0.05, 0.1) is 23.3 Å². The summed E-state index contributed by atoms with van der Waals surface area (Å²) in [5.41, 5.74) is 1.41. The number of hydrogen-bond donors (Lipinski definition) is 0. The average Bonchev–Trinajstić information content (AvgIpc) is 2.95. The molecule has 1 unspecified atom stereocenters. The number of nitrogens with zero attached hydrogens (tertiary/aromatic N) is 4. The van der Waals surface area contributed by atoms with Crippen LogP contribution in [0, 0.1) is 13.8 Å². The Morgan fingerprint density at radius 3 is 2.25 bits per heavy atom. The van der Waals surface area contributed by atoms with Gasteiger partial charge in [0, 0.05) is 31.9 Å². The molecule has 1 saturated heterocycles. The van der Waals surface area contributed by atoms with Crippen LogP contribution in [0.3, 0.4) is 0 Å². The Kier molecular flexibility index (Phi) is 6.00. The number of anilines is 1. The van der Waals surface area contributed by atoms with Crippen molar-refractivity contribution in [3.63, 3.8) is 0 Å². The molecular formula is C19H22ClF3N4O. The summed E-state index contributed by atoms with van der Waals surface area (Å²) in [4.78, 5) is 15.8. The predicted molar refractivity (Wildman–Crippen MR) is 102 cm³/mol. The number of hydrogen-bond acceptors (Lipinski definition) is 4. The van der Waals surface area contributed by atoms with Gasteiger partial charge in [-0.3, -0.25) is 9.58 Å². The number of piperazine rings is 1. The van der Waals surface area contributed by atoms with Crippen molar-refractivity contribution < 1.29 is 18.0 Å². The highest BCUT2D eigenvalue weighted by Crippen LogP contribution is 2.35. The van der Waals surface area contributed by atoms with Gasteiger partial charge in [-0.15, -0.1) is 0 Å². The van der Waals surface area contributed by atoms with Gasteiger partial charge in [-0.1, -0.05) is 29.3 Å². The highest BCUT2D eigenvalue weighted by atomic mass is 35.5. The molecule has 2 heterocycles. The van der Waals surface area contributed by atoms with E-state index in [0.717, 1.165) is 25.1 Å². The van der Waals surface area contributed by atoms with E-state index in [1.165, 1.54) is 17.2 Å². The zero-order chi connectivity index (χ0) is 20.5. The van der Waals surface area contributed by atoms with Gasteiger partial charge in [-0.25, -0.2) is 0 Å². The number of benzene rings is 1. The molecule has 1 atom stereocenters. The summed E-state index contributed by atoms with van der Waals surface area (Å²) < 4.78 is 40.2. The van der Waals surface area contributed by atoms with Crippen LogP contribution in [0.25, 0.3) is 0 Å². The standard InChI is InChI=1S/C19H22ClF3N4O/c1-13-3-5-15(6-4-13)25-7-9-26(10-8-25)16(12-28)11-27-14(2)17(20)18(24-27)19(21,22)23/h3-6,12,16H,7-11H2,1-2H3. The third kappa shape index (κ3) is 4.33. The van der Waals surface area contributed by atoms with Gasteiger partial charge < -0.3 is 9.69 Å². The monoisotopic (exact) mass is 414 g/mol. The SMILES string of the molecule is Cc1ccc(N2CCN(C(C=O)Cn3nc(C(F)(F)F)c(Cl)c3C)CC2)cc1. The zero-order valence-corrected chi connectivity index (χ0v) is 16.5. The number of carbonyl (C=O) groups is 1. The lowest BCUT2D eigenvalue weighted by Gasteiger charge is -2.38. The van der Waals surface area contributed by atoms with Crippen LogP contribution in [-0.4, -0.2) is 53.2 Å². The molecule has 0 N–H and O–H groups in total. The average molecular weight is 415 g/mol. The second kappa shape index (κ2) is 8.13. The number of halogens is 4. The number of alkyl halides is 3. The molecule has 9 heteroatoms. The summed E-state index contributed by atoms with van der Waals surface area (Å²) in [6, 6.07) is 7.68. The Hall–Kier alpha value is -2.06. The van der Waals surface area contributed by atoms with E-state index in [1.807, 2.05) is 11.8 Å². The minimum absolute atomic E-state index is 0.0374. The van der Waals surface area contributed by atoms with Crippen molar-refractivity contribution in [3.05, 3.63) is 46.2 Å². The fraction of sp³-hybridized carbons (Fsp3) is 0.474. The molecular weight excluding hydrogens is 393 g/mol. The van der Waals surface area contributed by atoms with Crippen molar-refractivity contribution in [1.82, 2.24) is 14.7 Å². The van der Waals surface area contributed by atoms with Crippen LogP contribution in [-0.2, 0) is 17.5 Å². The van der Waals surface area contributed by atoms with Gasteiger partial charge >= 0.3 is 6.18 Å². The first kappa shape index (κ1) is 20.7. The van der Waals surface area contributed by atoms with E-state index in [2.05, 4.69) is 34.3 Å². The number of aryl methyl sites for hydroxylation is 1. The molecule has 152 valence electrons. The van der Waals surface area contributed by atoms with Crippen molar-refractivity contribution in [2.45, 2.75) is 32.6 Å². The molecule has 0 bridgehead atoms. The molecule has 5 nitrogen and oxygen atoms in total. The molecule has 0 amide bonds. The molecule has 1 fully saturated rings. The summed E-state index contributed by atoms with van der Waals surface area (Å²) in [6.45, 7) is 6.29. The van der Waals surface area contributed by atoms with E-state index >= 15 is 0 Å². The van der Waals surface area contributed by atoms with Gasteiger partial charge in [-0.2, -0.15) is 18.3 Å². The highest BCUT2D eigenvalue weighted by molar-refractivity contribution is 6.31. The van der Waals surface area contributed by atoms with Crippen molar-refractivity contribution in [1.29, 1.82) is 0 Å².